The molecule has 3 amide bonds. The SMILES string of the molecule is Cc1nc2ccccn2c1C(=O)N1CC(N2C(=O)CCC2=O)C1. The molecule has 0 radical (unpaired) electrons. The van der Waals surface area contributed by atoms with E-state index < -0.39 is 0 Å². The topological polar surface area (TPSA) is 75.0 Å². The zero-order valence-electron chi connectivity index (χ0n) is 12.7. The van der Waals surface area contributed by atoms with Crippen molar-refractivity contribution in [3.63, 3.8) is 0 Å². The highest BCUT2D eigenvalue weighted by atomic mass is 16.2. The minimum absolute atomic E-state index is 0.114. The molecular weight excluding hydrogens is 296 g/mol. The lowest BCUT2D eigenvalue weighted by atomic mass is 10.1. The molecule has 7 heteroatoms. The molecule has 0 N–H and O–H groups in total. The predicted molar refractivity (Wildman–Crippen MR) is 80.7 cm³/mol. The number of amides is 3. The fourth-order valence-corrected chi connectivity index (χ4v) is 3.31. The zero-order chi connectivity index (χ0) is 16.1. The minimum atomic E-state index is -0.180. The van der Waals surface area contributed by atoms with Gasteiger partial charge in [0.05, 0.1) is 11.7 Å². The summed E-state index contributed by atoms with van der Waals surface area (Å²) in [6.45, 7) is 2.61. The van der Waals surface area contributed by atoms with Crippen LogP contribution >= 0.6 is 0 Å². The van der Waals surface area contributed by atoms with Gasteiger partial charge in [0.2, 0.25) is 11.8 Å². The number of imidazole rings is 1. The standard InChI is InChI=1S/C16H16N4O3/c1-10-15(19-7-3-2-4-12(19)17-10)16(23)18-8-11(9-18)20-13(21)5-6-14(20)22/h2-4,7,11H,5-6,8-9H2,1H3. The number of aryl methyl sites for hydroxylation is 1. The number of hydrogen-bond acceptors (Lipinski definition) is 4. The second kappa shape index (κ2) is 4.91. The molecule has 2 aromatic rings. The lowest BCUT2D eigenvalue weighted by Crippen LogP contribution is -2.62. The molecule has 2 aromatic heterocycles. The second-order valence-electron chi connectivity index (χ2n) is 6.00. The summed E-state index contributed by atoms with van der Waals surface area (Å²) < 4.78 is 1.77. The molecule has 0 atom stereocenters. The molecule has 2 fully saturated rings. The predicted octanol–water partition coefficient (Wildman–Crippen LogP) is 0.616. The molecule has 4 heterocycles. The van der Waals surface area contributed by atoms with Crippen LogP contribution in [0.25, 0.3) is 5.65 Å². The van der Waals surface area contributed by atoms with E-state index >= 15 is 0 Å². The third kappa shape index (κ3) is 2.03. The van der Waals surface area contributed by atoms with Crippen LogP contribution in [0.3, 0.4) is 0 Å². The van der Waals surface area contributed by atoms with Crippen LogP contribution in [0.2, 0.25) is 0 Å². The van der Waals surface area contributed by atoms with Crippen LogP contribution < -0.4 is 0 Å². The van der Waals surface area contributed by atoms with Crippen LogP contribution in [0.15, 0.2) is 24.4 Å². The lowest BCUT2D eigenvalue weighted by Gasteiger charge is -2.42. The Bertz CT molecular complexity index is 819. The first-order valence-corrected chi connectivity index (χ1v) is 7.64. The average molecular weight is 312 g/mol. The highest BCUT2D eigenvalue weighted by Gasteiger charge is 2.43. The molecule has 4 rings (SSSR count). The number of imide groups is 1. The van der Waals surface area contributed by atoms with Gasteiger partial charge < -0.3 is 4.90 Å². The van der Waals surface area contributed by atoms with Gasteiger partial charge in [-0.2, -0.15) is 0 Å². The van der Waals surface area contributed by atoms with Crippen molar-refractivity contribution in [1.82, 2.24) is 19.2 Å². The van der Waals surface area contributed by atoms with Crippen molar-refractivity contribution in [2.75, 3.05) is 13.1 Å². The number of carbonyl (C=O) groups excluding carboxylic acids is 3. The average Bonchev–Trinajstić information content (AvgIpc) is 2.98. The number of fused-ring (bicyclic) bond motifs is 1. The first-order valence-electron chi connectivity index (χ1n) is 7.64. The maximum absolute atomic E-state index is 12.7. The van der Waals surface area contributed by atoms with E-state index in [0.29, 0.717) is 24.5 Å². The van der Waals surface area contributed by atoms with E-state index in [1.807, 2.05) is 31.3 Å². The minimum Gasteiger partial charge on any atom is -0.333 e. The maximum atomic E-state index is 12.7. The van der Waals surface area contributed by atoms with Crippen molar-refractivity contribution >= 4 is 23.4 Å². The number of hydrogen-bond donors (Lipinski definition) is 0. The fraction of sp³-hybridized carbons (Fsp3) is 0.375. The molecule has 0 spiro atoms. The maximum Gasteiger partial charge on any atom is 0.272 e. The summed E-state index contributed by atoms with van der Waals surface area (Å²) in [4.78, 5) is 43.6. The van der Waals surface area contributed by atoms with Gasteiger partial charge >= 0.3 is 0 Å². The molecule has 118 valence electrons. The first kappa shape index (κ1) is 13.9. The summed E-state index contributed by atoms with van der Waals surface area (Å²) in [5, 5.41) is 0. The summed E-state index contributed by atoms with van der Waals surface area (Å²) in [6.07, 6.45) is 2.39. The molecule has 0 aliphatic carbocycles. The quantitative estimate of drug-likeness (QED) is 0.762. The van der Waals surface area contributed by atoms with E-state index in [9.17, 15) is 14.4 Å². The number of likely N-dealkylation sites (tertiary alicyclic amines) is 2. The van der Waals surface area contributed by atoms with Crippen molar-refractivity contribution < 1.29 is 14.4 Å². The summed E-state index contributed by atoms with van der Waals surface area (Å²) in [6, 6.07) is 5.40. The highest BCUT2D eigenvalue weighted by molar-refractivity contribution is 6.03. The van der Waals surface area contributed by atoms with E-state index in [2.05, 4.69) is 4.98 Å². The molecule has 2 saturated heterocycles. The Morgan fingerprint density at radius 3 is 2.57 bits per heavy atom. The highest BCUT2D eigenvalue weighted by Crippen LogP contribution is 2.24. The summed E-state index contributed by atoms with van der Waals surface area (Å²) in [5.74, 6) is -0.368. The Balaban J connectivity index is 1.54. The van der Waals surface area contributed by atoms with Gasteiger partial charge in [-0.3, -0.25) is 23.7 Å². The lowest BCUT2D eigenvalue weighted by molar-refractivity contribution is -0.144. The van der Waals surface area contributed by atoms with Gasteiger partial charge in [-0.15, -0.1) is 0 Å². The third-order valence-electron chi connectivity index (χ3n) is 4.51. The van der Waals surface area contributed by atoms with Gasteiger partial charge in [0, 0.05) is 32.1 Å². The van der Waals surface area contributed by atoms with Crippen LogP contribution in [0.4, 0.5) is 0 Å². The van der Waals surface area contributed by atoms with E-state index in [4.69, 9.17) is 0 Å². The van der Waals surface area contributed by atoms with Crippen molar-refractivity contribution in [2.24, 2.45) is 0 Å². The molecule has 2 aliphatic heterocycles. The molecule has 0 unspecified atom stereocenters. The van der Waals surface area contributed by atoms with Crippen molar-refractivity contribution in [2.45, 2.75) is 25.8 Å². The molecule has 0 saturated carbocycles. The number of rotatable bonds is 2. The molecule has 23 heavy (non-hydrogen) atoms. The number of aromatic nitrogens is 2. The Morgan fingerprint density at radius 1 is 1.17 bits per heavy atom. The zero-order valence-corrected chi connectivity index (χ0v) is 12.7. The van der Waals surface area contributed by atoms with Crippen LogP contribution in [0, 0.1) is 6.92 Å². The summed E-state index contributed by atoms with van der Waals surface area (Å²) >= 11 is 0. The van der Waals surface area contributed by atoms with Crippen molar-refractivity contribution in [3.8, 4) is 0 Å². The van der Waals surface area contributed by atoms with Crippen LogP contribution in [-0.2, 0) is 9.59 Å². The number of carbonyl (C=O) groups is 3. The third-order valence-corrected chi connectivity index (χ3v) is 4.51. The Kier molecular flexibility index (Phi) is 2.97. The van der Waals surface area contributed by atoms with Gasteiger partial charge in [0.15, 0.2) is 0 Å². The van der Waals surface area contributed by atoms with Gasteiger partial charge in [-0.25, -0.2) is 4.98 Å². The van der Waals surface area contributed by atoms with E-state index in [0.717, 1.165) is 5.65 Å². The smallest absolute Gasteiger partial charge is 0.272 e. The van der Waals surface area contributed by atoms with E-state index in [-0.39, 0.29) is 36.6 Å². The first-order chi connectivity index (χ1) is 11.1. The number of nitrogens with zero attached hydrogens (tertiary/aromatic N) is 4. The van der Waals surface area contributed by atoms with Crippen LogP contribution in [-0.4, -0.2) is 56.0 Å². The summed E-state index contributed by atoms with van der Waals surface area (Å²) in [7, 11) is 0. The largest absolute Gasteiger partial charge is 0.333 e. The van der Waals surface area contributed by atoms with Crippen LogP contribution in [0.1, 0.15) is 29.0 Å². The van der Waals surface area contributed by atoms with Gasteiger partial charge in [-0.1, -0.05) is 6.07 Å². The Labute approximate surface area is 132 Å². The second-order valence-corrected chi connectivity index (χ2v) is 6.00. The van der Waals surface area contributed by atoms with Gasteiger partial charge in [0.25, 0.3) is 5.91 Å². The molecule has 0 bridgehead atoms. The molecule has 2 aliphatic rings. The van der Waals surface area contributed by atoms with E-state index in [1.165, 1.54) is 4.90 Å². The van der Waals surface area contributed by atoms with E-state index in [1.54, 1.807) is 9.30 Å². The van der Waals surface area contributed by atoms with Crippen molar-refractivity contribution in [3.05, 3.63) is 35.8 Å². The summed E-state index contributed by atoms with van der Waals surface area (Å²) in [5.41, 5.74) is 1.95. The monoisotopic (exact) mass is 312 g/mol. The molecule has 0 aromatic carbocycles. The molecular formula is C16H16N4O3. The Morgan fingerprint density at radius 2 is 1.87 bits per heavy atom. The number of pyridine rings is 1. The fourth-order valence-electron chi connectivity index (χ4n) is 3.31. The van der Waals surface area contributed by atoms with Gasteiger partial charge in [0.1, 0.15) is 11.3 Å². The van der Waals surface area contributed by atoms with Crippen molar-refractivity contribution in [1.29, 1.82) is 0 Å². The normalized spacial score (nSPS) is 18.8. The molecule has 7 nitrogen and oxygen atoms in total. The van der Waals surface area contributed by atoms with Gasteiger partial charge in [-0.05, 0) is 19.1 Å². The Hall–Kier alpha value is -2.70. The van der Waals surface area contributed by atoms with Crippen LogP contribution in [0.5, 0.6) is 0 Å².